The number of amides is 1. The fourth-order valence-corrected chi connectivity index (χ4v) is 5.39. The van der Waals surface area contributed by atoms with E-state index in [2.05, 4.69) is 69.8 Å². The van der Waals surface area contributed by atoms with E-state index in [1.165, 1.54) is 55.2 Å². The maximum atomic E-state index is 12.9. The first-order valence-electron chi connectivity index (χ1n) is 12.1. The first-order valence-corrected chi connectivity index (χ1v) is 12.1. The van der Waals surface area contributed by atoms with Crippen LogP contribution in [0, 0.1) is 0 Å². The van der Waals surface area contributed by atoms with E-state index in [-0.39, 0.29) is 11.9 Å². The van der Waals surface area contributed by atoms with Crippen molar-refractivity contribution in [1.29, 1.82) is 0 Å². The number of nitrogens with one attached hydrogen (secondary N) is 2. The van der Waals surface area contributed by atoms with Crippen molar-refractivity contribution in [3.05, 3.63) is 48.0 Å². The van der Waals surface area contributed by atoms with Crippen LogP contribution in [0.1, 0.15) is 45.1 Å². The van der Waals surface area contributed by atoms with Gasteiger partial charge in [0, 0.05) is 31.7 Å². The predicted molar refractivity (Wildman–Crippen MR) is 128 cm³/mol. The summed E-state index contributed by atoms with van der Waals surface area (Å²) in [5.74, 6) is 0.171. The van der Waals surface area contributed by atoms with Crippen LogP contribution >= 0.6 is 0 Å². The van der Waals surface area contributed by atoms with Gasteiger partial charge < -0.3 is 15.5 Å². The molecular weight excluding hydrogens is 384 g/mol. The number of fused-ring (bicyclic) bond motifs is 1. The Kier molecular flexibility index (Phi) is 7.59. The summed E-state index contributed by atoms with van der Waals surface area (Å²) in [6, 6.07) is 16.0. The molecular formula is C26H38N4O. The summed E-state index contributed by atoms with van der Waals surface area (Å²) >= 11 is 0. The van der Waals surface area contributed by atoms with Crippen molar-refractivity contribution >= 4 is 16.7 Å². The van der Waals surface area contributed by atoms with Crippen molar-refractivity contribution in [3.63, 3.8) is 0 Å². The Labute approximate surface area is 187 Å². The fraction of sp³-hybridized carbons (Fsp3) is 0.577. The van der Waals surface area contributed by atoms with Crippen molar-refractivity contribution in [2.24, 2.45) is 0 Å². The van der Waals surface area contributed by atoms with Crippen LogP contribution in [0.5, 0.6) is 0 Å². The third kappa shape index (κ3) is 5.46. The van der Waals surface area contributed by atoms with Gasteiger partial charge in [0.15, 0.2) is 0 Å². The van der Waals surface area contributed by atoms with Crippen molar-refractivity contribution in [1.82, 2.24) is 20.4 Å². The Morgan fingerprint density at radius 1 is 1.03 bits per heavy atom. The highest BCUT2D eigenvalue weighted by molar-refractivity contribution is 5.86. The van der Waals surface area contributed by atoms with Crippen LogP contribution in [0.25, 0.3) is 10.8 Å². The third-order valence-electron chi connectivity index (χ3n) is 6.91. The number of rotatable bonds is 8. The van der Waals surface area contributed by atoms with Gasteiger partial charge in [0.25, 0.3) is 0 Å². The predicted octanol–water partition coefficient (Wildman–Crippen LogP) is 3.38. The quantitative estimate of drug-likeness (QED) is 0.685. The van der Waals surface area contributed by atoms with Gasteiger partial charge >= 0.3 is 0 Å². The molecule has 2 N–H and O–H groups in total. The molecule has 1 amide bonds. The molecule has 2 fully saturated rings. The van der Waals surface area contributed by atoms with Gasteiger partial charge in [-0.3, -0.25) is 9.69 Å². The zero-order chi connectivity index (χ0) is 21.6. The average Bonchev–Trinajstić information content (AvgIpc) is 3.18. The molecule has 2 atom stereocenters. The van der Waals surface area contributed by atoms with Crippen molar-refractivity contribution < 1.29 is 4.79 Å². The smallest absolute Gasteiger partial charge is 0.237 e. The molecule has 0 aromatic heterocycles. The van der Waals surface area contributed by atoms with E-state index in [1.54, 1.807) is 0 Å². The maximum Gasteiger partial charge on any atom is 0.237 e. The van der Waals surface area contributed by atoms with E-state index in [1.807, 2.05) is 6.92 Å². The molecule has 5 nitrogen and oxygen atoms in total. The topological polar surface area (TPSA) is 47.6 Å². The molecule has 0 unspecified atom stereocenters. The first-order chi connectivity index (χ1) is 15.2. The fourth-order valence-electron chi connectivity index (χ4n) is 5.39. The van der Waals surface area contributed by atoms with E-state index in [4.69, 9.17) is 0 Å². The molecule has 0 aliphatic carbocycles. The summed E-state index contributed by atoms with van der Waals surface area (Å²) in [7, 11) is 0. The monoisotopic (exact) mass is 422 g/mol. The molecule has 2 aliphatic rings. The Morgan fingerprint density at radius 3 is 2.58 bits per heavy atom. The van der Waals surface area contributed by atoms with Gasteiger partial charge in [-0.1, -0.05) is 49.4 Å². The average molecular weight is 423 g/mol. The normalized spacial score (nSPS) is 23.4. The third-order valence-corrected chi connectivity index (χ3v) is 6.91. The van der Waals surface area contributed by atoms with Crippen LogP contribution in [0.15, 0.2) is 42.5 Å². The lowest BCUT2D eigenvalue weighted by molar-refractivity contribution is -0.125. The number of carbonyl (C=O) groups excluding carboxylic acids is 1. The van der Waals surface area contributed by atoms with Crippen LogP contribution in [-0.2, 0) is 11.3 Å². The van der Waals surface area contributed by atoms with E-state index < -0.39 is 0 Å². The minimum atomic E-state index is -0.0587. The zero-order valence-electron chi connectivity index (χ0n) is 19.1. The Morgan fingerprint density at radius 2 is 1.81 bits per heavy atom. The van der Waals surface area contributed by atoms with Crippen molar-refractivity contribution in [2.45, 2.75) is 64.2 Å². The van der Waals surface area contributed by atoms with E-state index in [0.29, 0.717) is 18.6 Å². The Bertz CT molecular complexity index is 856. The molecule has 2 saturated heterocycles. The molecule has 2 heterocycles. The molecule has 0 spiro atoms. The summed E-state index contributed by atoms with van der Waals surface area (Å²) in [6.07, 6.45) is 4.56. The van der Waals surface area contributed by atoms with Gasteiger partial charge in [-0.05, 0) is 68.6 Å². The van der Waals surface area contributed by atoms with Crippen LogP contribution in [0.3, 0.4) is 0 Å². The molecule has 4 rings (SSSR count). The van der Waals surface area contributed by atoms with Crippen LogP contribution in [0.2, 0.25) is 0 Å². The highest BCUT2D eigenvalue weighted by Crippen LogP contribution is 2.26. The first kappa shape index (κ1) is 22.3. The molecule has 2 aromatic carbocycles. The summed E-state index contributed by atoms with van der Waals surface area (Å²) in [6.45, 7) is 10.3. The zero-order valence-corrected chi connectivity index (χ0v) is 19.1. The van der Waals surface area contributed by atoms with Gasteiger partial charge in [-0.15, -0.1) is 0 Å². The molecule has 2 aromatic rings. The van der Waals surface area contributed by atoms with Gasteiger partial charge in [-0.25, -0.2) is 0 Å². The highest BCUT2D eigenvalue weighted by atomic mass is 16.2. The molecule has 0 radical (unpaired) electrons. The molecule has 168 valence electrons. The van der Waals surface area contributed by atoms with Gasteiger partial charge in [0.2, 0.25) is 5.91 Å². The number of benzene rings is 2. The lowest BCUT2D eigenvalue weighted by Gasteiger charge is -2.33. The standard InChI is InChI=1S/C26H38N4O/c1-3-14-29-15-12-22(13-16-29)28-23-17-25(26(31)27-4-2)30(19-23)18-21-10-7-9-20-8-5-6-11-24(20)21/h5-11,22-23,25,28H,3-4,12-19H2,1-2H3,(H,27,31)/t23-,25+/m1/s1. The van der Waals surface area contributed by atoms with Crippen LogP contribution < -0.4 is 10.6 Å². The number of likely N-dealkylation sites (tertiary alicyclic amines) is 2. The second-order valence-electron chi connectivity index (χ2n) is 9.19. The van der Waals surface area contributed by atoms with Gasteiger partial charge in [0.1, 0.15) is 0 Å². The number of carbonyl (C=O) groups is 1. The van der Waals surface area contributed by atoms with Crippen LogP contribution in [-0.4, -0.2) is 66.6 Å². The second-order valence-corrected chi connectivity index (χ2v) is 9.19. The summed E-state index contributed by atoms with van der Waals surface area (Å²) < 4.78 is 0. The SMILES string of the molecule is CCCN1CCC(N[C@@H]2C[C@@H](C(=O)NCC)N(Cc3cccc4ccccc34)C2)CC1. The van der Waals surface area contributed by atoms with Crippen molar-refractivity contribution in [3.8, 4) is 0 Å². The number of nitrogens with zero attached hydrogens (tertiary/aromatic N) is 2. The number of piperidine rings is 1. The number of hydrogen-bond acceptors (Lipinski definition) is 4. The second kappa shape index (κ2) is 10.6. The molecule has 2 aliphatic heterocycles. The largest absolute Gasteiger partial charge is 0.355 e. The van der Waals surface area contributed by atoms with Gasteiger partial charge in [-0.2, -0.15) is 0 Å². The summed E-state index contributed by atoms with van der Waals surface area (Å²) in [5, 5.41) is 9.54. The minimum Gasteiger partial charge on any atom is -0.355 e. The Hall–Kier alpha value is -1.95. The lowest BCUT2D eigenvalue weighted by atomic mass is 10.0. The Balaban J connectivity index is 1.43. The highest BCUT2D eigenvalue weighted by Gasteiger charge is 2.37. The molecule has 0 saturated carbocycles. The van der Waals surface area contributed by atoms with E-state index >= 15 is 0 Å². The lowest BCUT2D eigenvalue weighted by Crippen LogP contribution is -2.47. The van der Waals surface area contributed by atoms with Gasteiger partial charge in [0.05, 0.1) is 6.04 Å². The maximum absolute atomic E-state index is 12.9. The molecule has 0 bridgehead atoms. The van der Waals surface area contributed by atoms with E-state index in [0.717, 1.165) is 19.5 Å². The van der Waals surface area contributed by atoms with Crippen molar-refractivity contribution in [2.75, 3.05) is 32.7 Å². The summed E-state index contributed by atoms with van der Waals surface area (Å²) in [4.78, 5) is 17.8. The molecule has 5 heteroatoms. The summed E-state index contributed by atoms with van der Waals surface area (Å²) in [5.41, 5.74) is 1.31. The minimum absolute atomic E-state index is 0.0587. The van der Waals surface area contributed by atoms with E-state index in [9.17, 15) is 4.79 Å². The van der Waals surface area contributed by atoms with Crippen LogP contribution in [0.4, 0.5) is 0 Å². The number of likely N-dealkylation sites (N-methyl/N-ethyl adjacent to an activating group) is 1. The molecule has 31 heavy (non-hydrogen) atoms. The number of hydrogen-bond donors (Lipinski definition) is 2.